The van der Waals surface area contributed by atoms with Gasteiger partial charge in [0.15, 0.2) is 0 Å². The lowest BCUT2D eigenvalue weighted by molar-refractivity contribution is 0.189. The topological polar surface area (TPSA) is 73.5 Å². The molecule has 6 heteroatoms. The summed E-state index contributed by atoms with van der Waals surface area (Å²) in [5, 5.41) is 0. The molecule has 2 N–H and O–H groups in total. The molecule has 1 rings (SSSR count). The zero-order valence-corrected chi connectivity index (χ0v) is 9.72. The molecule has 90 valence electrons. The average molecular weight is 226 g/mol. The van der Waals surface area contributed by atoms with Crippen molar-refractivity contribution < 1.29 is 9.47 Å². The Labute approximate surface area is 95.4 Å². The number of anilines is 2. The van der Waals surface area contributed by atoms with Gasteiger partial charge < -0.3 is 20.1 Å². The molecule has 0 saturated carbocycles. The van der Waals surface area contributed by atoms with Gasteiger partial charge in [0, 0.05) is 33.5 Å². The zero-order valence-electron chi connectivity index (χ0n) is 9.72. The third-order valence-electron chi connectivity index (χ3n) is 2.08. The van der Waals surface area contributed by atoms with Gasteiger partial charge >= 0.3 is 0 Å². The number of methoxy groups -OCH3 is 2. The van der Waals surface area contributed by atoms with Crippen molar-refractivity contribution in [3.8, 4) is 0 Å². The van der Waals surface area contributed by atoms with Gasteiger partial charge in [-0.3, -0.25) is 0 Å². The van der Waals surface area contributed by atoms with Crippen molar-refractivity contribution in [2.75, 3.05) is 51.2 Å². The largest absolute Gasteiger partial charge is 0.384 e. The Morgan fingerprint density at radius 3 is 2.38 bits per heavy atom. The number of hydrogen-bond donors (Lipinski definition) is 1. The Kier molecular flexibility index (Phi) is 5.52. The smallest absolute Gasteiger partial charge is 0.227 e. The molecule has 0 amide bonds. The zero-order chi connectivity index (χ0) is 11.8. The first-order valence-corrected chi connectivity index (χ1v) is 5.09. The predicted octanol–water partition coefficient (Wildman–Crippen LogP) is 0.158. The molecule has 0 aliphatic carbocycles. The fraction of sp³-hybridized carbons (Fsp3) is 0.600. The van der Waals surface area contributed by atoms with Crippen LogP contribution in [0.4, 0.5) is 11.8 Å². The van der Waals surface area contributed by atoms with Crippen molar-refractivity contribution in [2.45, 2.75) is 0 Å². The Balaban J connectivity index is 2.66. The molecule has 6 nitrogen and oxygen atoms in total. The first kappa shape index (κ1) is 12.7. The van der Waals surface area contributed by atoms with Gasteiger partial charge in [0.25, 0.3) is 0 Å². The van der Waals surface area contributed by atoms with E-state index in [9.17, 15) is 0 Å². The SMILES string of the molecule is COCCN(CCOC)c1nccc(N)n1. The van der Waals surface area contributed by atoms with Crippen molar-refractivity contribution >= 4 is 11.8 Å². The number of aromatic nitrogens is 2. The third-order valence-corrected chi connectivity index (χ3v) is 2.08. The number of hydrogen-bond acceptors (Lipinski definition) is 6. The van der Waals surface area contributed by atoms with Crippen molar-refractivity contribution in [1.82, 2.24) is 9.97 Å². The molecular formula is C10H18N4O2. The van der Waals surface area contributed by atoms with Crippen LogP contribution in [0.5, 0.6) is 0 Å². The van der Waals surface area contributed by atoms with Crippen molar-refractivity contribution in [3.63, 3.8) is 0 Å². The Morgan fingerprint density at radius 2 is 1.88 bits per heavy atom. The molecule has 0 saturated heterocycles. The molecule has 0 radical (unpaired) electrons. The van der Waals surface area contributed by atoms with E-state index in [1.54, 1.807) is 26.5 Å². The molecule has 0 bridgehead atoms. The standard InChI is InChI=1S/C10H18N4O2/c1-15-7-5-14(6-8-16-2)10-12-4-3-9(11)13-10/h3-4H,5-8H2,1-2H3,(H2,11,12,13). The summed E-state index contributed by atoms with van der Waals surface area (Å²) in [5.74, 6) is 1.07. The number of rotatable bonds is 7. The summed E-state index contributed by atoms with van der Waals surface area (Å²) in [6.45, 7) is 2.65. The molecule has 0 aliphatic heterocycles. The fourth-order valence-corrected chi connectivity index (χ4v) is 1.23. The van der Waals surface area contributed by atoms with Crippen LogP contribution in [-0.4, -0.2) is 50.5 Å². The van der Waals surface area contributed by atoms with Crippen LogP contribution in [0.2, 0.25) is 0 Å². The third kappa shape index (κ3) is 4.00. The predicted molar refractivity (Wildman–Crippen MR) is 62.4 cm³/mol. The Bertz CT molecular complexity index is 301. The Hall–Kier alpha value is -1.40. The number of nitrogens with two attached hydrogens (primary N) is 1. The van der Waals surface area contributed by atoms with Gasteiger partial charge in [-0.25, -0.2) is 4.98 Å². The van der Waals surface area contributed by atoms with E-state index in [2.05, 4.69) is 9.97 Å². The minimum absolute atomic E-state index is 0.463. The molecule has 0 aromatic carbocycles. The average Bonchev–Trinajstić information content (AvgIpc) is 2.29. The number of nitrogen functional groups attached to an aromatic ring is 1. The molecule has 1 aromatic heterocycles. The van der Waals surface area contributed by atoms with Crippen molar-refractivity contribution in [3.05, 3.63) is 12.3 Å². The van der Waals surface area contributed by atoms with Gasteiger partial charge in [0.05, 0.1) is 13.2 Å². The molecule has 0 atom stereocenters. The summed E-state index contributed by atoms with van der Waals surface area (Å²) in [6, 6.07) is 1.66. The summed E-state index contributed by atoms with van der Waals surface area (Å²) >= 11 is 0. The van der Waals surface area contributed by atoms with E-state index in [1.807, 2.05) is 4.90 Å². The Morgan fingerprint density at radius 1 is 1.25 bits per heavy atom. The molecule has 16 heavy (non-hydrogen) atoms. The van der Waals surface area contributed by atoms with Crippen molar-refractivity contribution in [1.29, 1.82) is 0 Å². The summed E-state index contributed by atoms with van der Waals surface area (Å²) < 4.78 is 10.1. The maximum Gasteiger partial charge on any atom is 0.227 e. The van der Waals surface area contributed by atoms with Gasteiger partial charge in [-0.15, -0.1) is 0 Å². The molecule has 0 aliphatic rings. The lowest BCUT2D eigenvalue weighted by Gasteiger charge is -2.21. The number of ether oxygens (including phenoxy) is 2. The maximum absolute atomic E-state index is 5.61. The second-order valence-corrected chi connectivity index (χ2v) is 3.25. The van der Waals surface area contributed by atoms with Gasteiger partial charge in [-0.1, -0.05) is 0 Å². The van der Waals surface area contributed by atoms with E-state index in [1.165, 1.54) is 0 Å². The normalized spacial score (nSPS) is 10.4. The highest BCUT2D eigenvalue weighted by Gasteiger charge is 2.08. The molecular weight excluding hydrogens is 208 g/mol. The van der Waals surface area contributed by atoms with E-state index >= 15 is 0 Å². The minimum Gasteiger partial charge on any atom is -0.384 e. The lowest BCUT2D eigenvalue weighted by Crippen LogP contribution is -2.32. The van der Waals surface area contributed by atoms with Crippen LogP contribution in [0.1, 0.15) is 0 Å². The molecule has 0 fully saturated rings. The van der Waals surface area contributed by atoms with Gasteiger partial charge in [0.2, 0.25) is 5.95 Å². The van der Waals surface area contributed by atoms with Crippen LogP contribution in [0.3, 0.4) is 0 Å². The number of nitrogens with zero attached hydrogens (tertiary/aromatic N) is 3. The summed E-state index contributed by atoms with van der Waals surface area (Å²) in [6.07, 6.45) is 1.64. The van der Waals surface area contributed by atoms with Crippen LogP contribution < -0.4 is 10.6 Å². The van der Waals surface area contributed by atoms with E-state index in [4.69, 9.17) is 15.2 Å². The van der Waals surface area contributed by atoms with E-state index in [0.29, 0.717) is 38.1 Å². The van der Waals surface area contributed by atoms with Gasteiger partial charge in [-0.2, -0.15) is 4.98 Å². The van der Waals surface area contributed by atoms with Crippen LogP contribution in [0, 0.1) is 0 Å². The quantitative estimate of drug-likeness (QED) is 0.714. The second kappa shape index (κ2) is 6.97. The molecule has 0 unspecified atom stereocenters. The summed E-state index contributed by atoms with van der Waals surface area (Å²) in [4.78, 5) is 10.3. The van der Waals surface area contributed by atoms with Crippen LogP contribution in [0.25, 0.3) is 0 Å². The fourth-order valence-electron chi connectivity index (χ4n) is 1.23. The monoisotopic (exact) mass is 226 g/mol. The molecule has 0 spiro atoms. The van der Waals surface area contributed by atoms with Crippen LogP contribution >= 0.6 is 0 Å². The maximum atomic E-state index is 5.61. The van der Waals surface area contributed by atoms with Crippen LogP contribution in [-0.2, 0) is 9.47 Å². The molecule has 1 heterocycles. The minimum atomic E-state index is 0.463. The van der Waals surface area contributed by atoms with Crippen molar-refractivity contribution in [2.24, 2.45) is 0 Å². The van der Waals surface area contributed by atoms with E-state index in [0.717, 1.165) is 0 Å². The molecule has 1 aromatic rings. The first-order chi connectivity index (χ1) is 7.77. The highest BCUT2D eigenvalue weighted by atomic mass is 16.5. The van der Waals surface area contributed by atoms with E-state index in [-0.39, 0.29) is 0 Å². The highest BCUT2D eigenvalue weighted by Crippen LogP contribution is 2.07. The van der Waals surface area contributed by atoms with Gasteiger partial charge in [0.1, 0.15) is 5.82 Å². The van der Waals surface area contributed by atoms with Crippen LogP contribution in [0.15, 0.2) is 12.3 Å². The summed E-state index contributed by atoms with van der Waals surface area (Å²) in [5.41, 5.74) is 5.61. The highest BCUT2D eigenvalue weighted by molar-refractivity contribution is 5.37. The van der Waals surface area contributed by atoms with Gasteiger partial charge in [-0.05, 0) is 6.07 Å². The lowest BCUT2D eigenvalue weighted by atomic mass is 10.5. The second-order valence-electron chi connectivity index (χ2n) is 3.25. The summed E-state index contributed by atoms with van der Waals surface area (Å²) in [7, 11) is 3.32. The van der Waals surface area contributed by atoms with E-state index < -0.39 is 0 Å². The first-order valence-electron chi connectivity index (χ1n) is 5.09.